The Morgan fingerprint density at radius 3 is 2.13 bits per heavy atom. The summed E-state index contributed by atoms with van der Waals surface area (Å²) in [5, 5.41) is 3.74. The van der Waals surface area contributed by atoms with E-state index in [4.69, 9.17) is 11.6 Å². The Labute approximate surface area is 284 Å². The first-order chi connectivity index (χ1) is 22.1. The Morgan fingerprint density at radius 1 is 0.870 bits per heavy atom. The summed E-state index contributed by atoms with van der Waals surface area (Å²) in [6, 6.07) is 29.1. The number of amides is 2. The van der Waals surface area contributed by atoms with Gasteiger partial charge in [0.05, 0.1) is 10.6 Å². The molecule has 0 radical (unpaired) electrons. The van der Waals surface area contributed by atoms with Gasteiger partial charge in [0, 0.05) is 28.5 Å². The van der Waals surface area contributed by atoms with Crippen molar-refractivity contribution < 1.29 is 18.0 Å². The summed E-state index contributed by atoms with van der Waals surface area (Å²) in [5.41, 5.74) is 2.90. The van der Waals surface area contributed by atoms with E-state index in [2.05, 4.69) is 21.2 Å². The molecule has 1 unspecified atom stereocenters. The van der Waals surface area contributed by atoms with Crippen LogP contribution in [0.1, 0.15) is 42.4 Å². The molecule has 5 rings (SSSR count). The maximum absolute atomic E-state index is 14.6. The van der Waals surface area contributed by atoms with Gasteiger partial charge in [0.25, 0.3) is 10.0 Å². The summed E-state index contributed by atoms with van der Waals surface area (Å²) in [4.78, 5) is 30.2. The van der Waals surface area contributed by atoms with Gasteiger partial charge in [-0.05, 0) is 79.4 Å². The predicted molar refractivity (Wildman–Crippen MR) is 186 cm³/mol. The highest BCUT2D eigenvalue weighted by molar-refractivity contribution is 9.10. The minimum Gasteiger partial charge on any atom is -0.352 e. The first-order valence-corrected chi connectivity index (χ1v) is 17.9. The zero-order chi connectivity index (χ0) is 32.7. The molecule has 0 heterocycles. The first-order valence-electron chi connectivity index (χ1n) is 15.3. The Balaban J connectivity index is 1.55. The Bertz CT molecular complexity index is 1730. The number of carbonyl (C=O) groups excluding carboxylic acids is 2. The second-order valence-electron chi connectivity index (χ2n) is 11.6. The number of carbonyl (C=O) groups is 2. The second-order valence-corrected chi connectivity index (χ2v) is 14.9. The van der Waals surface area contributed by atoms with E-state index >= 15 is 0 Å². The van der Waals surface area contributed by atoms with Crippen molar-refractivity contribution in [1.82, 2.24) is 10.2 Å². The van der Waals surface area contributed by atoms with E-state index in [1.807, 2.05) is 49.4 Å². The number of halogens is 2. The van der Waals surface area contributed by atoms with Gasteiger partial charge in [-0.15, -0.1) is 0 Å². The lowest BCUT2D eigenvalue weighted by atomic mass is 10.0. The molecule has 1 aliphatic carbocycles. The topological polar surface area (TPSA) is 86.8 Å². The van der Waals surface area contributed by atoms with E-state index in [0.717, 1.165) is 51.2 Å². The van der Waals surface area contributed by atoms with E-state index < -0.39 is 28.5 Å². The van der Waals surface area contributed by atoms with Crippen LogP contribution in [0.3, 0.4) is 0 Å². The summed E-state index contributed by atoms with van der Waals surface area (Å²) in [6.07, 6.45) is 4.13. The molecule has 1 atom stereocenters. The molecule has 1 N–H and O–H groups in total. The largest absolute Gasteiger partial charge is 0.352 e. The normalized spacial score (nSPS) is 14.1. The number of hydrogen-bond donors (Lipinski definition) is 1. The van der Waals surface area contributed by atoms with Crippen molar-refractivity contribution in [2.24, 2.45) is 0 Å². The monoisotopic (exact) mass is 721 g/mol. The van der Waals surface area contributed by atoms with Crippen molar-refractivity contribution in [3.05, 3.63) is 129 Å². The van der Waals surface area contributed by atoms with Gasteiger partial charge in [-0.3, -0.25) is 13.9 Å². The molecule has 46 heavy (non-hydrogen) atoms. The molecule has 1 fully saturated rings. The fraction of sp³-hybridized carbons (Fsp3) is 0.278. The van der Waals surface area contributed by atoms with E-state index in [0.29, 0.717) is 10.7 Å². The molecule has 0 saturated heterocycles. The van der Waals surface area contributed by atoms with Gasteiger partial charge >= 0.3 is 0 Å². The average molecular weight is 723 g/mol. The summed E-state index contributed by atoms with van der Waals surface area (Å²) < 4.78 is 30.2. The molecule has 4 aromatic carbocycles. The molecule has 0 aromatic heterocycles. The first kappa shape index (κ1) is 33.7. The van der Waals surface area contributed by atoms with Gasteiger partial charge in [-0.1, -0.05) is 101 Å². The fourth-order valence-corrected chi connectivity index (χ4v) is 7.49. The molecule has 0 bridgehead atoms. The number of nitrogens with zero attached hydrogens (tertiary/aromatic N) is 2. The SMILES string of the molecule is Cc1ccc(S(=O)(=O)N(CC(=O)N(Cc2ccc(Cl)cc2)C(Cc2ccccc2)C(=O)NC2CCCC2)c2ccc(Br)cc2)cc1. The lowest BCUT2D eigenvalue weighted by Crippen LogP contribution is -2.54. The van der Waals surface area contributed by atoms with E-state index in [9.17, 15) is 18.0 Å². The lowest BCUT2D eigenvalue weighted by molar-refractivity contribution is -0.140. The maximum Gasteiger partial charge on any atom is 0.264 e. The van der Waals surface area contributed by atoms with Gasteiger partial charge in [-0.25, -0.2) is 8.42 Å². The maximum atomic E-state index is 14.6. The summed E-state index contributed by atoms with van der Waals surface area (Å²) in [7, 11) is -4.16. The number of rotatable bonds is 12. The van der Waals surface area contributed by atoms with Crippen LogP contribution in [-0.4, -0.2) is 43.8 Å². The number of nitrogens with one attached hydrogen (secondary N) is 1. The number of sulfonamides is 1. The van der Waals surface area contributed by atoms with Crippen molar-refractivity contribution >= 4 is 55.1 Å². The smallest absolute Gasteiger partial charge is 0.264 e. The van der Waals surface area contributed by atoms with Crippen molar-refractivity contribution in [3.63, 3.8) is 0 Å². The van der Waals surface area contributed by atoms with Crippen molar-refractivity contribution in [2.75, 3.05) is 10.8 Å². The van der Waals surface area contributed by atoms with Gasteiger partial charge in [-0.2, -0.15) is 0 Å². The quantitative estimate of drug-likeness (QED) is 0.166. The van der Waals surface area contributed by atoms with Crippen LogP contribution in [0.2, 0.25) is 5.02 Å². The minimum atomic E-state index is -4.16. The Hall–Kier alpha value is -3.66. The lowest BCUT2D eigenvalue weighted by Gasteiger charge is -2.34. The van der Waals surface area contributed by atoms with E-state index in [-0.39, 0.29) is 29.8 Å². The molecule has 1 aliphatic rings. The minimum absolute atomic E-state index is 0.0411. The third kappa shape index (κ3) is 8.57. The van der Waals surface area contributed by atoms with Crippen LogP contribution in [0.4, 0.5) is 5.69 Å². The van der Waals surface area contributed by atoms with Gasteiger partial charge in [0.1, 0.15) is 12.6 Å². The number of anilines is 1. The standard InChI is InChI=1S/C36H37BrClN3O4S/c1-26-11-21-33(22-12-26)46(44,45)41(32-19-15-29(37)16-20-32)25-35(42)40(24-28-13-17-30(38)18-14-28)34(23-27-7-3-2-4-8-27)36(43)39-31-9-5-6-10-31/h2-4,7-8,11-22,31,34H,5-6,9-10,23-25H2,1H3,(H,39,43). The van der Waals surface area contributed by atoms with Gasteiger partial charge in [0.2, 0.25) is 11.8 Å². The van der Waals surface area contributed by atoms with Crippen LogP contribution in [0.5, 0.6) is 0 Å². The van der Waals surface area contributed by atoms with Gasteiger partial charge < -0.3 is 10.2 Å². The number of aryl methyl sites for hydroxylation is 1. The summed E-state index contributed by atoms with van der Waals surface area (Å²) >= 11 is 9.59. The molecule has 7 nitrogen and oxygen atoms in total. The molecule has 10 heteroatoms. The molecular weight excluding hydrogens is 686 g/mol. The van der Waals surface area contributed by atoms with E-state index in [1.54, 1.807) is 60.7 Å². The third-order valence-corrected chi connectivity index (χ3v) is 10.8. The second kappa shape index (κ2) is 15.3. The fourth-order valence-electron chi connectivity index (χ4n) is 5.68. The zero-order valence-corrected chi connectivity index (χ0v) is 28.8. The van der Waals surface area contributed by atoms with Crippen LogP contribution in [0, 0.1) is 6.92 Å². The van der Waals surface area contributed by atoms with Crippen LogP contribution in [0.25, 0.3) is 0 Å². The van der Waals surface area contributed by atoms with Crippen molar-refractivity contribution in [3.8, 4) is 0 Å². The molecule has 4 aromatic rings. The highest BCUT2D eigenvalue weighted by Gasteiger charge is 2.35. The number of benzene rings is 4. The van der Waals surface area contributed by atoms with E-state index in [1.165, 1.54) is 4.90 Å². The van der Waals surface area contributed by atoms with Crippen molar-refractivity contribution in [1.29, 1.82) is 0 Å². The van der Waals surface area contributed by atoms with Crippen molar-refractivity contribution in [2.45, 2.75) is 62.6 Å². The number of hydrogen-bond acceptors (Lipinski definition) is 4. The molecular formula is C36H37BrClN3O4S. The van der Waals surface area contributed by atoms with Crippen LogP contribution in [0.15, 0.2) is 112 Å². The predicted octanol–water partition coefficient (Wildman–Crippen LogP) is 7.31. The van der Waals surface area contributed by atoms with Gasteiger partial charge in [0.15, 0.2) is 0 Å². The van der Waals surface area contributed by atoms with Crippen LogP contribution < -0.4 is 9.62 Å². The molecule has 1 saturated carbocycles. The summed E-state index contributed by atoms with van der Waals surface area (Å²) in [5.74, 6) is -0.759. The highest BCUT2D eigenvalue weighted by atomic mass is 79.9. The highest BCUT2D eigenvalue weighted by Crippen LogP contribution is 2.27. The third-order valence-electron chi connectivity index (χ3n) is 8.24. The van der Waals surface area contributed by atoms with Crippen LogP contribution >= 0.6 is 27.5 Å². The molecule has 0 spiro atoms. The molecule has 2 amide bonds. The summed E-state index contributed by atoms with van der Waals surface area (Å²) in [6.45, 7) is 1.46. The molecule has 0 aliphatic heterocycles. The Kier molecular flexibility index (Phi) is 11.2. The average Bonchev–Trinajstić information content (AvgIpc) is 3.56. The Morgan fingerprint density at radius 2 is 1.50 bits per heavy atom. The van der Waals surface area contributed by atoms with Crippen LogP contribution in [-0.2, 0) is 32.6 Å². The zero-order valence-electron chi connectivity index (χ0n) is 25.6. The molecule has 240 valence electrons.